The molecule has 124 valence electrons. The first-order chi connectivity index (χ1) is 11.8. The van der Waals surface area contributed by atoms with Crippen molar-refractivity contribution in [3.63, 3.8) is 0 Å². The van der Waals surface area contributed by atoms with Crippen LogP contribution in [0, 0.1) is 0 Å². The summed E-state index contributed by atoms with van der Waals surface area (Å²) < 4.78 is 0. The monoisotopic (exact) mass is 321 g/mol. The number of hydrogen-bond acceptors (Lipinski definition) is 3. The van der Waals surface area contributed by atoms with Gasteiger partial charge >= 0.3 is 0 Å². The predicted octanol–water partition coefficient (Wildman–Crippen LogP) is 3.90. The summed E-state index contributed by atoms with van der Waals surface area (Å²) in [6, 6.07) is 7.85. The molecule has 4 heteroatoms. The highest BCUT2D eigenvalue weighted by Gasteiger charge is 2.17. The fraction of sp³-hybridized carbons (Fsp3) is 0.350. The van der Waals surface area contributed by atoms with Gasteiger partial charge in [0, 0.05) is 44.3 Å². The Morgan fingerprint density at radius 1 is 1.00 bits per heavy atom. The second-order valence-electron chi connectivity index (χ2n) is 6.25. The molecule has 1 aliphatic rings. The van der Waals surface area contributed by atoms with Crippen LogP contribution in [0.15, 0.2) is 60.7 Å². The van der Waals surface area contributed by atoms with E-state index in [1.54, 1.807) is 18.6 Å². The maximum absolute atomic E-state index is 12.9. The van der Waals surface area contributed by atoms with Crippen LogP contribution in [0.1, 0.15) is 43.2 Å². The summed E-state index contributed by atoms with van der Waals surface area (Å²) in [5, 5.41) is 0. The molecule has 2 aromatic heterocycles. The van der Waals surface area contributed by atoms with Crippen molar-refractivity contribution in [1.82, 2.24) is 14.9 Å². The SMILES string of the molecule is O=C(CC1=CCCCC1)N(Cc1ccncc1)Cc1cccnc1. The minimum atomic E-state index is 0.184. The first-order valence-electron chi connectivity index (χ1n) is 8.55. The summed E-state index contributed by atoms with van der Waals surface area (Å²) in [5.74, 6) is 0.184. The zero-order chi connectivity index (χ0) is 16.6. The fourth-order valence-corrected chi connectivity index (χ4v) is 3.02. The third kappa shape index (κ3) is 4.75. The molecular formula is C20H23N3O. The predicted molar refractivity (Wildman–Crippen MR) is 93.9 cm³/mol. The molecule has 0 saturated heterocycles. The minimum Gasteiger partial charge on any atom is -0.334 e. The number of carbonyl (C=O) groups excluding carboxylic acids is 1. The molecule has 0 fully saturated rings. The number of hydrogen-bond donors (Lipinski definition) is 0. The summed E-state index contributed by atoms with van der Waals surface area (Å²) in [7, 11) is 0. The quantitative estimate of drug-likeness (QED) is 0.758. The minimum absolute atomic E-state index is 0.184. The van der Waals surface area contributed by atoms with E-state index in [4.69, 9.17) is 0 Å². The highest BCUT2D eigenvalue weighted by Crippen LogP contribution is 2.22. The Labute approximate surface area is 143 Å². The van der Waals surface area contributed by atoms with Gasteiger partial charge in [-0.25, -0.2) is 0 Å². The number of allylic oxidation sites excluding steroid dienone is 1. The lowest BCUT2D eigenvalue weighted by atomic mass is 9.96. The Morgan fingerprint density at radius 3 is 2.54 bits per heavy atom. The van der Waals surface area contributed by atoms with Crippen LogP contribution in [-0.2, 0) is 17.9 Å². The third-order valence-corrected chi connectivity index (χ3v) is 4.34. The summed E-state index contributed by atoms with van der Waals surface area (Å²) in [6.45, 7) is 1.19. The number of rotatable bonds is 6. The van der Waals surface area contributed by atoms with E-state index in [-0.39, 0.29) is 5.91 Å². The molecule has 1 aliphatic carbocycles. The maximum Gasteiger partial charge on any atom is 0.227 e. The molecule has 0 spiro atoms. The van der Waals surface area contributed by atoms with Gasteiger partial charge in [0.2, 0.25) is 5.91 Å². The molecule has 2 aromatic rings. The van der Waals surface area contributed by atoms with Crippen molar-refractivity contribution in [1.29, 1.82) is 0 Å². The van der Waals surface area contributed by atoms with E-state index in [9.17, 15) is 4.79 Å². The molecule has 0 unspecified atom stereocenters. The molecule has 0 aromatic carbocycles. The molecule has 2 heterocycles. The zero-order valence-corrected chi connectivity index (χ0v) is 13.9. The summed E-state index contributed by atoms with van der Waals surface area (Å²) in [4.78, 5) is 23.0. The molecule has 0 atom stereocenters. The molecule has 0 saturated carbocycles. The highest BCUT2D eigenvalue weighted by molar-refractivity contribution is 5.78. The first kappa shape index (κ1) is 16.4. The van der Waals surface area contributed by atoms with E-state index >= 15 is 0 Å². The lowest BCUT2D eigenvalue weighted by Crippen LogP contribution is -2.30. The van der Waals surface area contributed by atoms with E-state index in [0.717, 1.165) is 24.0 Å². The number of nitrogens with zero attached hydrogens (tertiary/aromatic N) is 3. The summed E-state index contributed by atoms with van der Waals surface area (Å²) in [6.07, 6.45) is 14.5. The normalized spacial score (nSPS) is 14.1. The van der Waals surface area contributed by atoms with Crippen LogP contribution in [-0.4, -0.2) is 20.8 Å². The molecule has 24 heavy (non-hydrogen) atoms. The fourth-order valence-electron chi connectivity index (χ4n) is 3.02. The maximum atomic E-state index is 12.9. The number of aromatic nitrogens is 2. The van der Waals surface area contributed by atoms with Gasteiger partial charge in [-0.3, -0.25) is 14.8 Å². The Kier molecular flexibility index (Phi) is 5.72. The van der Waals surface area contributed by atoms with Crippen LogP contribution in [0.4, 0.5) is 0 Å². The van der Waals surface area contributed by atoms with Gasteiger partial charge in [0.1, 0.15) is 0 Å². The zero-order valence-electron chi connectivity index (χ0n) is 13.9. The van der Waals surface area contributed by atoms with Gasteiger partial charge in [-0.2, -0.15) is 0 Å². The van der Waals surface area contributed by atoms with Gasteiger partial charge in [0.25, 0.3) is 0 Å². The molecular weight excluding hydrogens is 298 g/mol. The van der Waals surface area contributed by atoms with Gasteiger partial charge in [-0.05, 0) is 55.0 Å². The van der Waals surface area contributed by atoms with Crippen LogP contribution in [0.5, 0.6) is 0 Å². The highest BCUT2D eigenvalue weighted by atomic mass is 16.2. The van der Waals surface area contributed by atoms with Gasteiger partial charge in [-0.1, -0.05) is 17.7 Å². The smallest absolute Gasteiger partial charge is 0.227 e. The molecule has 4 nitrogen and oxygen atoms in total. The summed E-state index contributed by atoms with van der Waals surface area (Å²) in [5.41, 5.74) is 3.44. The van der Waals surface area contributed by atoms with Crippen LogP contribution in [0.3, 0.4) is 0 Å². The van der Waals surface area contributed by atoms with Gasteiger partial charge in [0.05, 0.1) is 0 Å². The van der Waals surface area contributed by atoms with Crippen LogP contribution in [0.25, 0.3) is 0 Å². The first-order valence-corrected chi connectivity index (χ1v) is 8.55. The lowest BCUT2D eigenvalue weighted by molar-refractivity contribution is -0.131. The molecule has 3 rings (SSSR count). The molecule has 0 bridgehead atoms. The Bertz CT molecular complexity index is 641. The number of amides is 1. The molecule has 0 radical (unpaired) electrons. The Balaban J connectivity index is 1.72. The van der Waals surface area contributed by atoms with Crippen LogP contribution < -0.4 is 0 Å². The van der Waals surface area contributed by atoms with E-state index < -0.39 is 0 Å². The van der Waals surface area contributed by atoms with Gasteiger partial charge in [0.15, 0.2) is 0 Å². The Hall–Kier alpha value is -2.49. The van der Waals surface area contributed by atoms with Crippen molar-refractivity contribution < 1.29 is 4.79 Å². The van der Waals surface area contributed by atoms with E-state index in [1.165, 1.54) is 18.4 Å². The van der Waals surface area contributed by atoms with Crippen molar-refractivity contribution in [3.05, 3.63) is 71.8 Å². The van der Waals surface area contributed by atoms with Gasteiger partial charge in [-0.15, -0.1) is 0 Å². The Morgan fingerprint density at radius 2 is 1.83 bits per heavy atom. The van der Waals surface area contributed by atoms with E-state index in [0.29, 0.717) is 19.5 Å². The topological polar surface area (TPSA) is 46.1 Å². The van der Waals surface area contributed by atoms with Crippen LogP contribution >= 0.6 is 0 Å². The van der Waals surface area contributed by atoms with Crippen molar-refractivity contribution in [2.75, 3.05) is 0 Å². The van der Waals surface area contributed by atoms with Gasteiger partial charge < -0.3 is 4.90 Å². The van der Waals surface area contributed by atoms with Crippen molar-refractivity contribution in [2.24, 2.45) is 0 Å². The van der Waals surface area contributed by atoms with Crippen molar-refractivity contribution in [3.8, 4) is 0 Å². The average molecular weight is 321 g/mol. The molecule has 0 aliphatic heterocycles. The molecule has 0 N–H and O–H groups in total. The number of carbonyl (C=O) groups is 1. The average Bonchev–Trinajstić information content (AvgIpc) is 2.64. The van der Waals surface area contributed by atoms with E-state index in [1.807, 2.05) is 35.4 Å². The van der Waals surface area contributed by atoms with Crippen molar-refractivity contribution in [2.45, 2.75) is 45.2 Å². The van der Waals surface area contributed by atoms with Crippen molar-refractivity contribution >= 4 is 5.91 Å². The summed E-state index contributed by atoms with van der Waals surface area (Å²) >= 11 is 0. The largest absolute Gasteiger partial charge is 0.334 e. The standard InChI is InChI=1S/C20H23N3O/c24-20(13-17-5-2-1-3-6-17)23(15-18-8-11-21-12-9-18)16-19-7-4-10-22-14-19/h4-5,7-12,14H,1-3,6,13,15-16H2. The number of pyridine rings is 2. The third-order valence-electron chi connectivity index (χ3n) is 4.34. The lowest BCUT2D eigenvalue weighted by Gasteiger charge is -2.24. The van der Waals surface area contributed by atoms with Crippen LogP contribution in [0.2, 0.25) is 0 Å². The van der Waals surface area contributed by atoms with E-state index in [2.05, 4.69) is 16.0 Å². The molecule has 1 amide bonds. The second kappa shape index (κ2) is 8.39. The second-order valence-corrected chi connectivity index (χ2v) is 6.25.